The van der Waals surface area contributed by atoms with Gasteiger partial charge in [0.05, 0.1) is 11.4 Å². The van der Waals surface area contributed by atoms with Crippen LogP contribution in [-0.4, -0.2) is 59.3 Å². The molecule has 1 fully saturated rings. The molecule has 7 heteroatoms. The number of rotatable bonds is 7. The third-order valence-electron chi connectivity index (χ3n) is 5.92. The SMILES string of the molecule is c1ccc(OCCN2CCN(Cc3nnc(-c4cc5c(s4)CCCC5)o3)CC2)cc1. The van der Waals surface area contributed by atoms with Crippen molar-refractivity contribution in [1.82, 2.24) is 20.0 Å². The number of fused-ring (bicyclic) bond motifs is 1. The second-order valence-electron chi connectivity index (χ2n) is 8.05. The molecule has 158 valence electrons. The van der Waals surface area contributed by atoms with E-state index in [4.69, 9.17) is 9.15 Å². The van der Waals surface area contributed by atoms with Crippen LogP contribution in [0, 0.1) is 0 Å². The molecule has 1 aromatic carbocycles. The van der Waals surface area contributed by atoms with Crippen LogP contribution < -0.4 is 4.74 Å². The van der Waals surface area contributed by atoms with Gasteiger partial charge in [-0.3, -0.25) is 9.80 Å². The van der Waals surface area contributed by atoms with Crippen LogP contribution in [0.5, 0.6) is 5.75 Å². The summed E-state index contributed by atoms with van der Waals surface area (Å²) in [5.41, 5.74) is 1.48. The maximum Gasteiger partial charge on any atom is 0.257 e. The molecule has 0 saturated carbocycles. The number of benzene rings is 1. The Morgan fingerprint density at radius 1 is 0.967 bits per heavy atom. The van der Waals surface area contributed by atoms with E-state index in [1.807, 2.05) is 41.7 Å². The summed E-state index contributed by atoms with van der Waals surface area (Å²) in [4.78, 5) is 7.48. The van der Waals surface area contributed by atoms with Crippen LogP contribution in [0.25, 0.3) is 10.8 Å². The van der Waals surface area contributed by atoms with Gasteiger partial charge in [-0.05, 0) is 49.4 Å². The Morgan fingerprint density at radius 2 is 1.77 bits per heavy atom. The number of hydrogen-bond donors (Lipinski definition) is 0. The molecule has 0 bridgehead atoms. The largest absolute Gasteiger partial charge is 0.492 e. The van der Waals surface area contributed by atoms with Crippen molar-refractivity contribution in [3.05, 3.63) is 52.7 Å². The molecular weight excluding hydrogens is 396 g/mol. The van der Waals surface area contributed by atoms with Crippen LogP contribution in [0.4, 0.5) is 0 Å². The fraction of sp³-hybridized carbons (Fsp3) is 0.478. The molecule has 1 saturated heterocycles. The predicted octanol–water partition coefficient (Wildman–Crippen LogP) is 3.87. The number of nitrogens with zero attached hydrogens (tertiary/aromatic N) is 4. The molecule has 2 aliphatic rings. The number of hydrogen-bond acceptors (Lipinski definition) is 7. The molecule has 0 radical (unpaired) electrons. The van der Waals surface area contributed by atoms with Crippen LogP contribution in [-0.2, 0) is 19.4 Å². The molecule has 30 heavy (non-hydrogen) atoms. The molecule has 0 spiro atoms. The van der Waals surface area contributed by atoms with Gasteiger partial charge in [-0.2, -0.15) is 0 Å². The molecule has 0 unspecified atom stereocenters. The lowest BCUT2D eigenvalue weighted by Crippen LogP contribution is -2.47. The molecule has 5 rings (SSSR count). The lowest BCUT2D eigenvalue weighted by Gasteiger charge is -2.33. The van der Waals surface area contributed by atoms with E-state index in [0.29, 0.717) is 5.89 Å². The highest BCUT2D eigenvalue weighted by molar-refractivity contribution is 7.15. The van der Waals surface area contributed by atoms with Crippen LogP contribution in [0.2, 0.25) is 0 Å². The van der Waals surface area contributed by atoms with Gasteiger partial charge in [-0.1, -0.05) is 18.2 Å². The van der Waals surface area contributed by atoms with Gasteiger partial charge >= 0.3 is 0 Å². The minimum atomic E-state index is 0.682. The monoisotopic (exact) mass is 424 g/mol. The van der Waals surface area contributed by atoms with E-state index in [0.717, 1.165) is 62.4 Å². The van der Waals surface area contributed by atoms with Crippen LogP contribution in [0.3, 0.4) is 0 Å². The summed E-state index contributed by atoms with van der Waals surface area (Å²) in [5.74, 6) is 2.34. The van der Waals surface area contributed by atoms with Crippen molar-refractivity contribution in [3.63, 3.8) is 0 Å². The molecule has 3 aromatic rings. The number of aryl methyl sites for hydroxylation is 2. The lowest BCUT2D eigenvalue weighted by atomic mass is 9.99. The first-order chi connectivity index (χ1) is 14.8. The van der Waals surface area contributed by atoms with Gasteiger partial charge in [0, 0.05) is 37.6 Å². The topological polar surface area (TPSA) is 54.6 Å². The highest BCUT2D eigenvalue weighted by Gasteiger charge is 2.21. The van der Waals surface area contributed by atoms with Crippen molar-refractivity contribution >= 4 is 11.3 Å². The summed E-state index contributed by atoms with van der Waals surface area (Å²) < 4.78 is 11.8. The molecule has 2 aromatic heterocycles. The van der Waals surface area contributed by atoms with Gasteiger partial charge in [0.25, 0.3) is 5.89 Å². The summed E-state index contributed by atoms with van der Waals surface area (Å²) in [7, 11) is 0. The van der Waals surface area contributed by atoms with E-state index in [1.165, 1.54) is 36.1 Å². The number of ether oxygens (including phenoxy) is 1. The summed E-state index contributed by atoms with van der Waals surface area (Å²) in [6, 6.07) is 12.3. The zero-order valence-electron chi connectivity index (χ0n) is 17.3. The molecule has 3 heterocycles. The van der Waals surface area contributed by atoms with Crippen molar-refractivity contribution in [2.45, 2.75) is 32.2 Å². The first-order valence-corrected chi connectivity index (χ1v) is 11.7. The summed E-state index contributed by atoms with van der Waals surface area (Å²) in [6.07, 6.45) is 4.98. The van der Waals surface area contributed by atoms with Gasteiger partial charge in [0.1, 0.15) is 12.4 Å². The van der Waals surface area contributed by atoms with E-state index < -0.39 is 0 Å². The average Bonchev–Trinajstić information content (AvgIpc) is 3.42. The third kappa shape index (κ3) is 4.74. The Labute approximate surface area is 181 Å². The highest BCUT2D eigenvalue weighted by atomic mass is 32.1. The maximum absolute atomic E-state index is 6.00. The fourth-order valence-corrected chi connectivity index (χ4v) is 5.36. The number of thiophene rings is 1. The van der Waals surface area contributed by atoms with E-state index >= 15 is 0 Å². The highest BCUT2D eigenvalue weighted by Crippen LogP contribution is 2.35. The van der Waals surface area contributed by atoms with Crippen molar-refractivity contribution < 1.29 is 9.15 Å². The quantitative estimate of drug-likeness (QED) is 0.574. The minimum Gasteiger partial charge on any atom is -0.492 e. The molecular formula is C23H28N4O2S. The first-order valence-electron chi connectivity index (χ1n) is 10.9. The zero-order chi connectivity index (χ0) is 20.2. The molecule has 0 N–H and O–H groups in total. The van der Waals surface area contributed by atoms with Gasteiger partial charge in [0.2, 0.25) is 5.89 Å². The summed E-state index contributed by atoms with van der Waals surface area (Å²) in [5, 5.41) is 8.63. The van der Waals surface area contributed by atoms with Crippen LogP contribution >= 0.6 is 11.3 Å². The number of aromatic nitrogens is 2. The van der Waals surface area contributed by atoms with E-state index in [-0.39, 0.29) is 0 Å². The standard InChI is InChI=1S/C23H28N4O2S/c1-2-7-19(8-3-1)28-15-14-26-10-12-27(13-11-26)17-22-24-25-23(29-22)21-16-18-6-4-5-9-20(18)30-21/h1-3,7-8,16H,4-6,9-15,17H2. The molecule has 0 amide bonds. The van der Waals surface area contributed by atoms with Gasteiger partial charge < -0.3 is 9.15 Å². The van der Waals surface area contributed by atoms with Gasteiger partial charge in [0.15, 0.2) is 0 Å². The van der Waals surface area contributed by atoms with Crippen LogP contribution in [0.15, 0.2) is 40.8 Å². The molecule has 1 aliphatic carbocycles. The average molecular weight is 425 g/mol. The Bertz CT molecular complexity index is 924. The normalized spacial score (nSPS) is 17.7. The Morgan fingerprint density at radius 3 is 2.60 bits per heavy atom. The lowest BCUT2D eigenvalue weighted by molar-refractivity contribution is 0.106. The van der Waals surface area contributed by atoms with E-state index in [1.54, 1.807) is 0 Å². The number of para-hydroxylation sites is 1. The predicted molar refractivity (Wildman–Crippen MR) is 118 cm³/mol. The second kappa shape index (κ2) is 9.29. The molecule has 6 nitrogen and oxygen atoms in total. The summed E-state index contributed by atoms with van der Waals surface area (Å²) in [6.45, 7) is 6.50. The fourth-order valence-electron chi connectivity index (χ4n) is 4.18. The summed E-state index contributed by atoms with van der Waals surface area (Å²) >= 11 is 1.83. The van der Waals surface area contributed by atoms with E-state index in [9.17, 15) is 0 Å². The van der Waals surface area contributed by atoms with Gasteiger partial charge in [-0.25, -0.2) is 0 Å². The maximum atomic E-state index is 6.00. The van der Waals surface area contributed by atoms with Gasteiger partial charge in [-0.15, -0.1) is 21.5 Å². The van der Waals surface area contributed by atoms with Crippen molar-refractivity contribution in [3.8, 4) is 16.5 Å². The molecule has 0 atom stereocenters. The molecule has 1 aliphatic heterocycles. The van der Waals surface area contributed by atoms with E-state index in [2.05, 4.69) is 26.1 Å². The first kappa shape index (κ1) is 19.7. The third-order valence-corrected chi connectivity index (χ3v) is 7.14. The smallest absolute Gasteiger partial charge is 0.257 e. The Hall–Kier alpha value is -2.22. The van der Waals surface area contributed by atoms with Crippen LogP contribution in [0.1, 0.15) is 29.2 Å². The van der Waals surface area contributed by atoms with Crippen molar-refractivity contribution in [2.24, 2.45) is 0 Å². The minimum absolute atomic E-state index is 0.682. The Kier molecular flexibility index (Phi) is 6.11. The second-order valence-corrected chi connectivity index (χ2v) is 9.18. The van der Waals surface area contributed by atoms with Crippen molar-refractivity contribution in [2.75, 3.05) is 39.3 Å². The van der Waals surface area contributed by atoms with Crippen molar-refractivity contribution in [1.29, 1.82) is 0 Å². The Balaban J connectivity index is 1.08. The number of piperazine rings is 1. The zero-order valence-corrected chi connectivity index (χ0v) is 18.1.